The summed E-state index contributed by atoms with van der Waals surface area (Å²) < 4.78 is 0. The van der Waals surface area contributed by atoms with Crippen molar-refractivity contribution in [2.45, 2.75) is 19.8 Å². The molecule has 0 spiro atoms. The number of carbonyl (C=O) groups excluding carboxylic acids is 1. The molecule has 1 aliphatic rings. The highest BCUT2D eigenvalue weighted by Gasteiger charge is 2.16. The van der Waals surface area contributed by atoms with Crippen LogP contribution in [-0.2, 0) is 6.42 Å². The van der Waals surface area contributed by atoms with Gasteiger partial charge in [-0.2, -0.15) is 5.10 Å². The highest BCUT2D eigenvalue weighted by atomic mass is 35.5. The Balaban J connectivity index is 1.70. The highest BCUT2D eigenvalue weighted by Crippen LogP contribution is 2.23. The summed E-state index contributed by atoms with van der Waals surface area (Å²) in [6.45, 7) is 3.95. The van der Waals surface area contributed by atoms with Gasteiger partial charge in [-0.15, -0.1) is 0 Å². The second-order valence-electron chi connectivity index (χ2n) is 5.73. The Bertz CT molecular complexity index is 677. The third-order valence-corrected chi connectivity index (χ3v) is 4.44. The minimum atomic E-state index is -0.195. The van der Waals surface area contributed by atoms with Gasteiger partial charge in [0.25, 0.3) is 5.91 Å². The lowest BCUT2D eigenvalue weighted by molar-refractivity contribution is 0.102. The number of aryl methyl sites for hydroxylation is 1. The number of nitrogens with zero attached hydrogens (tertiary/aromatic N) is 1. The molecule has 1 aromatic heterocycles. The van der Waals surface area contributed by atoms with Gasteiger partial charge in [0.15, 0.2) is 5.82 Å². The van der Waals surface area contributed by atoms with Crippen molar-refractivity contribution in [3.05, 3.63) is 46.1 Å². The smallest absolute Gasteiger partial charge is 0.256 e. The molecule has 0 radical (unpaired) electrons. The van der Waals surface area contributed by atoms with Gasteiger partial charge >= 0.3 is 0 Å². The Hall–Kier alpha value is -1.85. The molecule has 3 N–H and O–H groups in total. The van der Waals surface area contributed by atoms with Crippen LogP contribution in [0.3, 0.4) is 0 Å². The predicted octanol–water partition coefficient (Wildman–Crippen LogP) is 2.78. The van der Waals surface area contributed by atoms with Crippen molar-refractivity contribution in [1.82, 2.24) is 15.5 Å². The number of anilines is 1. The first-order chi connectivity index (χ1) is 10.6. The standard InChI is InChI=1S/C16H19ClN4O/c1-10-14(17)15(21-20-10)19-16(22)13-4-2-3-11(8-13)7-12-5-6-18-9-12/h2-4,8,12,18H,5-7,9H2,1H3,(H2,19,20,21,22). The van der Waals surface area contributed by atoms with E-state index in [1.165, 1.54) is 12.0 Å². The average molecular weight is 319 g/mol. The van der Waals surface area contributed by atoms with E-state index < -0.39 is 0 Å². The number of nitrogens with one attached hydrogen (secondary N) is 3. The molecule has 1 fully saturated rings. The molecule has 1 amide bonds. The van der Waals surface area contributed by atoms with Crippen LogP contribution < -0.4 is 10.6 Å². The number of benzene rings is 1. The van der Waals surface area contributed by atoms with Crippen LogP contribution in [0.4, 0.5) is 5.82 Å². The molecule has 1 unspecified atom stereocenters. The lowest BCUT2D eigenvalue weighted by atomic mass is 9.97. The third kappa shape index (κ3) is 3.31. The largest absolute Gasteiger partial charge is 0.316 e. The predicted molar refractivity (Wildman–Crippen MR) is 87.4 cm³/mol. The molecule has 1 aromatic carbocycles. The molecule has 2 aromatic rings. The third-order valence-electron chi connectivity index (χ3n) is 3.98. The van der Waals surface area contributed by atoms with E-state index in [9.17, 15) is 4.79 Å². The number of hydrogen-bond donors (Lipinski definition) is 3. The number of rotatable bonds is 4. The monoisotopic (exact) mass is 318 g/mol. The Morgan fingerprint density at radius 1 is 1.50 bits per heavy atom. The molecular formula is C16H19ClN4O. The van der Waals surface area contributed by atoms with E-state index in [0.29, 0.717) is 22.3 Å². The van der Waals surface area contributed by atoms with Gasteiger partial charge in [0.1, 0.15) is 5.02 Å². The fraction of sp³-hybridized carbons (Fsp3) is 0.375. The van der Waals surface area contributed by atoms with E-state index in [4.69, 9.17) is 11.6 Å². The van der Waals surface area contributed by atoms with E-state index in [1.54, 1.807) is 13.0 Å². The Labute approximate surface area is 134 Å². The van der Waals surface area contributed by atoms with Crippen molar-refractivity contribution >= 4 is 23.3 Å². The molecular weight excluding hydrogens is 300 g/mol. The van der Waals surface area contributed by atoms with Crippen LogP contribution in [0.15, 0.2) is 24.3 Å². The minimum Gasteiger partial charge on any atom is -0.316 e. The molecule has 3 rings (SSSR count). The number of carbonyl (C=O) groups is 1. The molecule has 1 saturated heterocycles. The minimum absolute atomic E-state index is 0.195. The summed E-state index contributed by atoms with van der Waals surface area (Å²) in [6.07, 6.45) is 2.19. The second kappa shape index (κ2) is 6.50. The lowest BCUT2D eigenvalue weighted by Crippen LogP contribution is -2.14. The first kappa shape index (κ1) is 15.1. The number of aromatic amines is 1. The lowest BCUT2D eigenvalue weighted by Gasteiger charge is -2.09. The molecule has 0 aliphatic carbocycles. The molecule has 22 heavy (non-hydrogen) atoms. The Morgan fingerprint density at radius 3 is 3.05 bits per heavy atom. The summed E-state index contributed by atoms with van der Waals surface area (Å²) in [5.41, 5.74) is 2.55. The Kier molecular flexibility index (Phi) is 4.45. The zero-order chi connectivity index (χ0) is 15.5. The number of halogens is 1. The van der Waals surface area contributed by atoms with Gasteiger partial charge in [0, 0.05) is 5.56 Å². The zero-order valence-electron chi connectivity index (χ0n) is 12.4. The van der Waals surface area contributed by atoms with E-state index >= 15 is 0 Å². The maximum atomic E-state index is 12.3. The molecule has 6 heteroatoms. The van der Waals surface area contributed by atoms with Gasteiger partial charge in [-0.25, -0.2) is 0 Å². The van der Waals surface area contributed by atoms with Gasteiger partial charge in [0.05, 0.1) is 5.69 Å². The second-order valence-corrected chi connectivity index (χ2v) is 6.11. The fourth-order valence-electron chi connectivity index (χ4n) is 2.74. The number of H-pyrrole nitrogens is 1. The van der Waals surface area contributed by atoms with Gasteiger partial charge in [-0.1, -0.05) is 23.7 Å². The van der Waals surface area contributed by atoms with Crippen molar-refractivity contribution in [2.75, 3.05) is 18.4 Å². The SMILES string of the molecule is Cc1[nH]nc(NC(=O)c2cccc(CC3CCNC3)c2)c1Cl. The summed E-state index contributed by atoms with van der Waals surface area (Å²) in [5, 5.41) is 13.3. The van der Waals surface area contributed by atoms with Crippen molar-refractivity contribution in [2.24, 2.45) is 5.92 Å². The molecule has 0 saturated carbocycles. The maximum Gasteiger partial charge on any atom is 0.256 e. The summed E-state index contributed by atoms with van der Waals surface area (Å²) >= 11 is 6.07. The van der Waals surface area contributed by atoms with Gasteiger partial charge in [-0.05, 0) is 56.5 Å². The van der Waals surface area contributed by atoms with Crippen LogP contribution >= 0.6 is 11.6 Å². The molecule has 2 heterocycles. The van der Waals surface area contributed by atoms with Gasteiger partial charge < -0.3 is 10.6 Å². The van der Waals surface area contributed by atoms with Crippen LogP contribution in [0.1, 0.15) is 28.0 Å². The first-order valence-corrected chi connectivity index (χ1v) is 7.83. The van der Waals surface area contributed by atoms with Crippen LogP contribution in [0.5, 0.6) is 0 Å². The van der Waals surface area contributed by atoms with Crippen LogP contribution in [0.2, 0.25) is 5.02 Å². The first-order valence-electron chi connectivity index (χ1n) is 7.45. The van der Waals surface area contributed by atoms with Crippen molar-refractivity contribution in [3.8, 4) is 0 Å². The van der Waals surface area contributed by atoms with Gasteiger partial charge in [-0.3, -0.25) is 9.89 Å². The summed E-state index contributed by atoms with van der Waals surface area (Å²) in [4.78, 5) is 12.3. The molecule has 116 valence electrons. The summed E-state index contributed by atoms with van der Waals surface area (Å²) in [5.74, 6) is 0.830. The van der Waals surface area contributed by atoms with E-state index in [-0.39, 0.29) is 5.91 Å². The van der Waals surface area contributed by atoms with E-state index in [2.05, 4.69) is 26.9 Å². The zero-order valence-corrected chi connectivity index (χ0v) is 13.2. The van der Waals surface area contributed by atoms with Crippen LogP contribution in [-0.4, -0.2) is 29.2 Å². The molecule has 1 atom stereocenters. The van der Waals surface area contributed by atoms with Crippen molar-refractivity contribution < 1.29 is 4.79 Å². The quantitative estimate of drug-likeness (QED) is 0.812. The topological polar surface area (TPSA) is 69.8 Å². The molecule has 0 bridgehead atoms. The number of amides is 1. The molecule has 1 aliphatic heterocycles. The highest BCUT2D eigenvalue weighted by molar-refractivity contribution is 6.34. The van der Waals surface area contributed by atoms with Crippen LogP contribution in [0, 0.1) is 12.8 Å². The maximum absolute atomic E-state index is 12.3. The normalized spacial score (nSPS) is 17.6. The van der Waals surface area contributed by atoms with Crippen molar-refractivity contribution in [3.63, 3.8) is 0 Å². The number of hydrogen-bond acceptors (Lipinski definition) is 3. The van der Waals surface area contributed by atoms with Gasteiger partial charge in [0.2, 0.25) is 0 Å². The van der Waals surface area contributed by atoms with E-state index in [1.807, 2.05) is 12.1 Å². The number of aromatic nitrogens is 2. The fourth-order valence-corrected chi connectivity index (χ4v) is 2.87. The average Bonchev–Trinajstić information content (AvgIpc) is 3.13. The Morgan fingerprint density at radius 2 is 2.36 bits per heavy atom. The summed E-state index contributed by atoms with van der Waals surface area (Å²) in [6, 6.07) is 7.74. The van der Waals surface area contributed by atoms with Crippen molar-refractivity contribution in [1.29, 1.82) is 0 Å². The summed E-state index contributed by atoms with van der Waals surface area (Å²) in [7, 11) is 0. The van der Waals surface area contributed by atoms with Crippen LogP contribution in [0.25, 0.3) is 0 Å². The van der Waals surface area contributed by atoms with E-state index in [0.717, 1.165) is 25.2 Å². The molecule has 5 nitrogen and oxygen atoms in total.